The van der Waals surface area contributed by atoms with E-state index in [1.165, 1.54) is 0 Å². The van der Waals surface area contributed by atoms with Crippen molar-refractivity contribution in [1.29, 1.82) is 0 Å². The third kappa shape index (κ3) is 1.57. The molecule has 0 fully saturated rings. The van der Waals surface area contributed by atoms with Crippen molar-refractivity contribution in [1.82, 2.24) is 15.0 Å². The minimum absolute atomic E-state index is 0.702. The van der Waals surface area contributed by atoms with Gasteiger partial charge in [-0.15, -0.1) is 16.4 Å². The predicted molar refractivity (Wildman–Crippen MR) is 58.7 cm³/mol. The molecule has 0 radical (unpaired) electrons. The maximum atomic E-state index is 10.5. The van der Waals surface area contributed by atoms with Crippen molar-refractivity contribution in [2.24, 2.45) is 7.05 Å². The molecule has 0 spiro atoms. The predicted octanol–water partition coefficient (Wildman–Crippen LogP) is 1.44. The van der Waals surface area contributed by atoms with Gasteiger partial charge in [-0.05, 0) is 30.9 Å². The van der Waals surface area contributed by atoms with E-state index in [1.807, 2.05) is 18.4 Å². The van der Waals surface area contributed by atoms with Gasteiger partial charge in [-0.1, -0.05) is 5.21 Å². The van der Waals surface area contributed by atoms with Crippen LogP contribution in [0.15, 0.2) is 17.6 Å². The fraction of sp³-hybridized carbons (Fsp3) is 0.400. The smallest absolute Gasteiger partial charge is 0.139 e. The lowest BCUT2D eigenvalue weighted by atomic mass is 9.98. The van der Waals surface area contributed by atoms with E-state index in [4.69, 9.17) is 0 Å². The molecule has 1 unspecified atom stereocenters. The zero-order valence-electron chi connectivity index (χ0n) is 8.93. The van der Waals surface area contributed by atoms with Crippen LogP contribution in [0.1, 0.15) is 23.1 Å². The summed E-state index contributed by atoms with van der Waals surface area (Å²) in [4.78, 5) is 0.938. The Balaban J connectivity index is 2.53. The summed E-state index contributed by atoms with van der Waals surface area (Å²) in [5.74, 6) is 0. The summed E-state index contributed by atoms with van der Waals surface area (Å²) in [7, 11) is 1.78. The highest BCUT2D eigenvalue weighted by Gasteiger charge is 2.31. The van der Waals surface area contributed by atoms with Crippen molar-refractivity contribution in [3.05, 3.63) is 33.8 Å². The molecule has 0 aliphatic heterocycles. The highest BCUT2D eigenvalue weighted by atomic mass is 32.1. The molecule has 0 saturated carbocycles. The van der Waals surface area contributed by atoms with Gasteiger partial charge in [-0.25, -0.2) is 4.68 Å². The summed E-state index contributed by atoms with van der Waals surface area (Å²) in [5, 5.41) is 20.1. The Hall–Kier alpha value is -1.20. The Morgan fingerprint density at radius 1 is 1.53 bits per heavy atom. The Labute approximate surface area is 92.2 Å². The maximum Gasteiger partial charge on any atom is 0.139 e. The van der Waals surface area contributed by atoms with E-state index >= 15 is 0 Å². The average Bonchev–Trinajstić information content (AvgIpc) is 2.73. The van der Waals surface area contributed by atoms with Gasteiger partial charge in [0.2, 0.25) is 0 Å². The van der Waals surface area contributed by atoms with E-state index in [-0.39, 0.29) is 0 Å². The largest absolute Gasteiger partial charge is 0.378 e. The van der Waals surface area contributed by atoms with Crippen LogP contribution in [0, 0.1) is 6.92 Å². The van der Waals surface area contributed by atoms with Gasteiger partial charge in [0.05, 0.1) is 11.9 Å². The molecule has 4 nitrogen and oxygen atoms in total. The molecule has 80 valence electrons. The van der Waals surface area contributed by atoms with Crippen LogP contribution in [-0.4, -0.2) is 20.1 Å². The first-order valence-electron chi connectivity index (χ1n) is 4.65. The third-order valence-electron chi connectivity index (χ3n) is 2.52. The second-order valence-electron chi connectivity index (χ2n) is 3.75. The van der Waals surface area contributed by atoms with Crippen molar-refractivity contribution >= 4 is 11.3 Å². The van der Waals surface area contributed by atoms with Gasteiger partial charge in [-0.2, -0.15) is 0 Å². The number of hydrogen-bond donors (Lipinski definition) is 1. The van der Waals surface area contributed by atoms with Gasteiger partial charge in [-0.3, -0.25) is 0 Å². The molecule has 0 saturated heterocycles. The van der Waals surface area contributed by atoms with Gasteiger partial charge < -0.3 is 5.11 Å². The van der Waals surface area contributed by atoms with Crippen molar-refractivity contribution in [2.75, 3.05) is 0 Å². The number of nitrogens with zero attached hydrogens (tertiary/aromatic N) is 3. The molecule has 1 N–H and O–H groups in total. The lowest BCUT2D eigenvalue weighted by Crippen LogP contribution is -2.25. The quantitative estimate of drug-likeness (QED) is 0.838. The van der Waals surface area contributed by atoms with Crippen LogP contribution in [0.25, 0.3) is 0 Å². The molecular weight excluding hydrogens is 210 g/mol. The summed E-state index contributed by atoms with van der Waals surface area (Å²) in [6, 6.07) is 2.00. The Morgan fingerprint density at radius 3 is 2.73 bits per heavy atom. The van der Waals surface area contributed by atoms with Gasteiger partial charge in [0, 0.05) is 11.9 Å². The second kappa shape index (κ2) is 3.43. The summed E-state index contributed by atoms with van der Waals surface area (Å²) in [5.41, 5.74) is 0.774. The van der Waals surface area contributed by atoms with E-state index in [1.54, 1.807) is 36.2 Å². The van der Waals surface area contributed by atoms with E-state index in [2.05, 4.69) is 10.3 Å². The summed E-state index contributed by atoms with van der Waals surface area (Å²) < 4.78 is 1.60. The van der Waals surface area contributed by atoms with Crippen LogP contribution in [0.2, 0.25) is 0 Å². The standard InChI is InChI=1S/C10H13N3OS/c1-7-4-5-15-9(7)10(2,14)8-6-11-12-13(8)3/h4-6,14H,1-3H3. The monoisotopic (exact) mass is 223 g/mol. The molecule has 2 aromatic heterocycles. The van der Waals surface area contributed by atoms with Crippen LogP contribution in [0.3, 0.4) is 0 Å². The molecule has 2 aromatic rings. The van der Waals surface area contributed by atoms with Crippen LogP contribution in [-0.2, 0) is 12.6 Å². The van der Waals surface area contributed by atoms with Crippen LogP contribution in [0.5, 0.6) is 0 Å². The second-order valence-corrected chi connectivity index (χ2v) is 4.66. The van der Waals surface area contributed by atoms with Gasteiger partial charge >= 0.3 is 0 Å². The fourth-order valence-corrected chi connectivity index (χ4v) is 2.71. The van der Waals surface area contributed by atoms with Crippen molar-refractivity contribution in [3.8, 4) is 0 Å². The minimum atomic E-state index is -1.02. The van der Waals surface area contributed by atoms with Crippen LogP contribution in [0.4, 0.5) is 0 Å². The molecule has 1 atom stereocenters. The Bertz CT molecular complexity index is 430. The highest BCUT2D eigenvalue weighted by molar-refractivity contribution is 7.10. The normalized spacial score (nSPS) is 15.2. The first-order valence-corrected chi connectivity index (χ1v) is 5.53. The number of hydrogen-bond acceptors (Lipinski definition) is 4. The number of aryl methyl sites for hydroxylation is 2. The molecule has 0 amide bonds. The molecule has 2 rings (SSSR count). The van der Waals surface area contributed by atoms with E-state index < -0.39 is 5.60 Å². The van der Waals surface area contributed by atoms with Gasteiger partial charge in [0.15, 0.2) is 0 Å². The van der Waals surface area contributed by atoms with Crippen molar-refractivity contribution in [2.45, 2.75) is 19.4 Å². The molecule has 15 heavy (non-hydrogen) atoms. The average molecular weight is 223 g/mol. The first-order chi connectivity index (χ1) is 7.03. The zero-order chi connectivity index (χ0) is 11.1. The van der Waals surface area contributed by atoms with E-state index in [9.17, 15) is 5.11 Å². The van der Waals surface area contributed by atoms with Crippen LogP contribution < -0.4 is 0 Å². The van der Waals surface area contributed by atoms with E-state index in [0.29, 0.717) is 5.69 Å². The number of aromatic nitrogens is 3. The SMILES string of the molecule is Cc1ccsc1C(C)(O)c1cnnn1C. The highest BCUT2D eigenvalue weighted by Crippen LogP contribution is 2.33. The van der Waals surface area contributed by atoms with Crippen LogP contribution >= 0.6 is 11.3 Å². The van der Waals surface area contributed by atoms with Crippen molar-refractivity contribution < 1.29 is 5.11 Å². The van der Waals surface area contributed by atoms with Crippen molar-refractivity contribution in [3.63, 3.8) is 0 Å². The summed E-state index contributed by atoms with van der Waals surface area (Å²) in [6.45, 7) is 3.76. The number of aliphatic hydroxyl groups is 1. The zero-order valence-corrected chi connectivity index (χ0v) is 9.75. The molecule has 0 aliphatic carbocycles. The lowest BCUT2D eigenvalue weighted by molar-refractivity contribution is 0.0962. The minimum Gasteiger partial charge on any atom is -0.378 e. The number of rotatable bonds is 2. The number of thiophene rings is 1. The first kappa shape index (κ1) is 10.3. The maximum absolute atomic E-state index is 10.5. The van der Waals surface area contributed by atoms with Gasteiger partial charge in [0.1, 0.15) is 5.60 Å². The molecule has 5 heteroatoms. The molecule has 0 aliphatic rings. The summed E-state index contributed by atoms with van der Waals surface area (Å²) >= 11 is 1.54. The molecule has 0 bridgehead atoms. The topological polar surface area (TPSA) is 50.9 Å². The molecular formula is C10H13N3OS. The third-order valence-corrected chi connectivity index (χ3v) is 3.74. The lowest BCUT2D eigenvalue weighted by Gasteiger charge is -2.22. The molecule has 2 heterocycles. The van der Waals surface area contributed by atoms with E-state index in [0.717, 1.165) is 10.4 Å². The fourth-order valence-electron chi connectivity index (χ4n) is 1.72. The Kier molecular flexibility index (Phi) is 2.36. The Morgan fingerprint density at radius 2 is 2.27 bits per heavy atom. The van der Waals surface area contributed by atoms with Gasteiger partial charge in [0.25, 0.3) is 0 Å². The summed E-state index contributed by atoms with van der Waals surface area (Å²) in [6.07, 6.45) is 1.60. The molecule has 0 aromatic carbocycles.